The number of hydrogen-bond donors (Lipinski definition) is 1. The zero-order chi connectivity index (χ0) is 17.3. The van der Waals surface area contributed by atoms with Crippen molar-refractivity contribution in [2.75, 3.05) is 7.11 Å². The van der Waals surface area contributed by atoms with Crippen LogP contribution in [0.25, 0.3) is 22.8 Å². The second-order valence-electron chi connectivity index (χ2n) is 4.81. The van der Waals surface area contributed by atoms with E-state index in [1.54, 1.807) is 24.3 Å². The number of nitrogens with two attached hydrogens (primary N) is 1. The van der Waals surface area contributed by atoms with Gasteiger partial charge >= 0.3 is 0 Å². The van der Waals surface area contributed by atoms with Gasteiger partial charge in [0, 0.05) is 11.6 Å². The molecule has 0 unspecified atom stereocenters. The molecule has 7 nitrogen and oxygen atoms in total. The summed E-state index contributed by atoms with van der Waals surface area (Å²) in [6.45, 7) is 0. The number of methoxy groups -OCH3 is 1. The topological polar surface area (TPSA) is 108 Å². The Bertz CT molecular complexity index is 1000. The lowest BCUT2D eigenvalue weighted by molar-refractivity contribution is 0.404. The van der Waals surface area contributed by atoms with Crippen LogP contribution in [0, 0.1) is 0 Å². The Hall–Kier alpha value is -2.42. The van der Waals surface area contributed by atoms with Gasteiger partial charge in [0.2, 0.25) is 15.8 Å². The first-order valence-electron chi connectivity index (χ1n) is 6.70. The summed E-state index contributed by atoms with van der Waals surface area (Å²) >= 11 is 6.12. The van der Waals surface area contributed by atoms with Gasteiger partial charge in [0.1, 0.15) is 5.75 Å². The van der Waals surface area contributed by atoms with Gasteiger partial charge in [0.05, 0.1) is 22.6 Å². The number of hydrogen-bond acceptors (Lipinski definition) is 6. The zero-order valence-electron chi connectivity index (χ0n) is 12.4. The fourth-order valence-electron chi connectivity index (χ4n) is 2.11. The molecule has 2 aromatic carbocycles. The Morgan fingerprint density at radius 3 is 2.58 bits per heavy atom. The molecule has 0 saturated heterocycles. The maximum Gasteiger partial charge on any atom is 0.262 e. The molecule has 0 aliphatic carbocycles. The summed E-state index contributed by atoms with van der Waals surface area (Å²) in [7, 11) is -2.44. The van der Waals surface area contributed by atoms with E-state index in [1.165, 1.54) is 25.3 Å². The fraction of sp³-hybridized carbons (Fsp3) is 0.0667. The van der Waals surface area contributed by atoms with Crippen molar-refractivity contribution in [2.24, 2.45) is 5.14 Å². The van der Waals surface area contributed by atoms with E-state index in [2.05, 4.69) is 10.1 Å². The van der Waals surface area contributed by atoms with E-state index in [-0.39, 0.29) is 16.5 Å². The van der Waals surface area contributed by atoms with Crippen LogP contribution in [0.4, 0.5) is 0 Å². The van der Waals surface area contributed by atoms with E-state index >= 15 is 0 Å². The van der Waals surface area contributed by atoms with Crippen molar-refractivity contribution >= 4 is 21.6 Å². The van der Waals surface area contributed by atoms with Crippen LogP contribution in [0.3, 0.4) is 0 Å². The Labute approximate surface area is 143 Å². The molecule has 24 heavy (non-hydrogen) atoms. The van der Waals surface area contributed by atoms with Gasteiger partial charge in [-0.2, -0.15) is 4.98 Å². The molecule has 0 saturated carbocycles. The molecule has 0 amide bonds. The largest absolute Gasteiger partial charge is 0.496 e. The van der Waals surface area contributed by atoms with Crippen molar-refractivity contribution in [2.45, 2.75) is 4.90 Å². The number of sulfonamides is 1. The van der Waals surface area contributed by atoms with Crippen LogP contribution in [0.2, 0.25) is 5.02 Å². The molecule has 0 aliphatic rings. The first-order valence-corrected chi connectivity index (χ1v) is 8.62. The fourth-order valence-corrected chi connectivity index (χ4v) is 2.86. The highest BCUT2D eigenvalue weighted by Gasteiger charge is 2.18. The number of ether oxygens (including phenoxy) is 1. The van der Waals surface area contributed by atoms with E-state index in [0.717, 1.165) is 0 Å². The van der Waals surface area contributed by atoms with Gasteiger partial charge in [0.25, 0.3) is 5.89 Å². The quantitative estimate of drug-likeness (QED) is 0.761. The molecule has 0 fully saturated rings. The molecular formula is C15H12ClN3O4S. The van der Waals surface area contributed by atoms with Crippen LogP contribution >= 0.6 is 11.6 Å². The average Bonchev–Trinajstić information content (AvgIpc) is 3.03. The molecule has 9 heteroatoms. The Morgan fingerprint density at radius 2 is 1.92 bits per heavy atom. The predicted octanol–water partition coefficient (Wildman–Crippen LogP) is 2.71. The van der Waals surface area contributed by atoms with Crippen LogP contribution < -0.4 is 9.88 Å². The number of nitrogens with zero attached hydrogens (tertiary/aromatic N) is 2. The first-order chi connectivity index (χ1) is 11.4. The summed E-state index contributed by atoms with van der Waals surface area (Å²) in [4.78, 5) is 4.21. The summed E-state index contributed by atoms with van der Waals surface area (Å²) in [5, 5.41) is 9.51. The monoisotopic (exact) mass is 365 g/mol. The lowest BCUT2D eigenvalue weighted by atomic mass is 10.2. The smallest absolute Gasteiger partial charge is 0.262 e. The third kappa shape index (κ3) is 3.12. The molecule has 0 atom stereocenters. The highest BCUT2D eigenvalue weighted by atomic mass is 35.5. The third-order valence-electron chi connectivity index (χ3n) is 3.27. The van der Waals surface area contributed by atoms with E-state index < -0.39 is 10.0 Å². The molecule has 3 rings (SSSR count). The van der Waals surface area contributed by atoms with Gasteiger partial charge < -0.3 is 9.26 Å². The zero-order valence-corrected chi connectivity index (χ0v) is 14.0. The van der Waals surface area contributed by atoms with E-state index in [9.17, 15) is 8.42 Å². The second kappa shape index (κ2) is 6.23. The van der Waals surface area contributed by atoms with Crippen molar-refractivity contribution in [1.82, 2.24) is 10.1 Å². The lowest BCUT2D eigenvalue weighted by Crippen LogP contribution is -2.12. The maximum atomic E-state index is 11.4. The van der Waals surface area contributed by atoms with Crippen LogP contribution in [-0.4, -0.2) is 25.7 Å². The minimum absolute atomic E-state index is 0.0751. The highest BCUT2D eigenvalue weighted by Crippen LogP contribution is 2.33. The van der Waals surface area contributed by atoms with Gasteiger partial charge in [-0.25, -0.2) is 13.6 Å². The van der Waals surface area contributed by atoms with Crippen molar-refractivity contribution in [1.29, 1.82) is 0 Å². The summed E-state index contributed by atoms with van der Waals surface area (Å²) in [5.74, 6) is 0.729. The lowest BCUT2D eigenvalue weighted by Gasteiger charge is -2.06. The minimum Gasteiger partial charge on any atom is -0.496 e. The van der Waals surface area contributed by atoms with Crippen LogP contribution in [0.5, 0.6) is 5.75 Å². The van der Waals surface area contributed by atoms with Crippen LogP contribution in [-0.2, 0) is 10.0 Å². The van der Waals surface area contributed by atoms with E-state index in [4.69, 9.17) is 26.0 Å². The SMILES string of the molecule is COc1cc(S(N)(=O)=O)ccc1-c1nc(-c2ccccc2Cl)no1. The standard InChI is InChI=1S/C15H12ClN3O4S/c1-22-13-8-9(24(17,20)21)6-7-11(13)15-18-14(19-23-15)10-4-2-3-5-12(10)16/h2-8H,1H3,(H2,17,20,21). The van der Waals surface area contributed by atoms with E-state index in [0.29, 0.717) is 22.0 Å². The number of halogens is 1. The first kappa shape index (κ1) is 16.4. The number of aromatic nitrogens is 2. The van der Waals surface area contributed by atoms with Gasteiger partial charge in [-0.3, -0.25) is 0 Å². The Kier molecular flexibility index (Phi) is 4.27. The summed E-state index contributed by atoms with van der Waals surface area (Å²) in [5.41, 5.74) is 1.06. The predicted molar refractivity (Wildman–Crippen MR) is 88.1 cm³/mol. The third-order valence-corrected chi connectivity index (χ3v) is 4.51. The Balaban J connectivity index is 2.06. The van der Waals surface area contributed by atoms with Gasteiger partial charge in [-0.1, -0.05) is 28.9 Å². The van der Waals surface area contributed by atoms with Gasteiger partial charge in [-0.05, 0) is 24.3 Å². The van der Waals surface area contributed by atoms with E-state index in [1.807, 2.05) is 0 Å². The van der Waals surface area contributed by atoms with Crippen molar-refractivity contribution < 1.29 is 17.7 Å². The maximum absolute atomic E-state index is 11.4. The number of benzene rings is 2. The average molecular weight is 366 g/mol. The second-order valence-corrected chi connectivity index (χ2v) is 6.78. The highest BCUT2D eigenvalue weighted by molar-refractivity contribution is 7.89. The summed E-state index contributed by atoms with van der Waals surface area (Å²) in [6, 6.07) is 11.2. The van der Waals surface area contributed by atoms with Crippen LogP contribution in [0.1, 0.15) is 0 Å². The molecule has 0 spiro atoms. The molecule has 0 radical (unpaired) electrons. The molecule has 3 aromatic rings. The summed E-state index contributed by atoms with van der Waals surface area (Å²) in [6.07, 6.45) is 0. The normalized spacial score (nSPS) is 11.5. The van der Waals surface area contributed by atoms with Crippen molar-refractivity contribution in [3.05, 3.63) is 47.5 Å². The molecule has 2 N–H and O–H groups in total. The number of primary sulfonamides is 1. The van der Waals surface area contributed by atoms with Crippen LogP contribution in [0.15, 0.2) is 51.9 Å². The summed E-state index contributed by atoms with van der Waals surface area (Å²) < 4.78 is 33.3. The molecule has 0 bridgehead atoms. The van der Waals surface area contributed by atoms with Gasteiger partial charge in [-0.15, -0.1) is 0 Å². The Morgan fingerprint density at radius 1 is 1.17 bits per heavy atom. The van der Waals surface area contributed by atoms with Gasteiger partial charge in [0.15, 0.2) is 0 Å². The molecule has 1 heterocycles. The van der Waals surface area contributed by atoms with Crippen molar-refractivity contribution in [3.8, 4) is 28.6 Å². The molecule has 0 aliphatic heterocycles. The molecule has 1 aromatic heterocycles. The van der Waals surface area contributed by atoms with Crippen molar-refractivity contribution in [3.63, 3.8) is 0 Å². The minimum atomic E-state index is -3.84. The molecule has 124 valence electrons. The number of rotatable bonds is 4. The molecular weight excluding hydrogens is 354 g/mol.